The smallest absolute Gasteiger partial charge is 0.259 e. The fourth-order valence-electron chi connectivity index (χ4n) is 1.64. The summed E-state index contributed by atoms with van der Waals surface area (Å²) >= 11 is 9.40. The summed E-state index contributed by atoms with van der Waals surface area (Å²) < 4.78 is 0.680. The van der Waals surface area contributed by atoms with Gasteiger partial charge in [0, 0.05) is 17.2 Å². The summed E-state index contributed by atoms with van der Waals surface area (Å²) in [5.74, 6) is -0.0536. The lowest BCUT2D eigenvalue weighted by Crippen LogP contribution is -2.26. The molecule has 0 aliphatic heterocycles. The molecule has 0 heterocycles. The molecule has 0 aromatic heterocycles. The van der Waals surface area contributed by atoms with Crippen LogP contribution in [0.1, 0.15) is 10.4 Å². The molecule has 1 amide bonds. The van der Waals surface area contributed by atoms with Crippen molar-refractivity contribution in [3.63, 3.8) is 0 Å². The summed E-state index contributed by atoms with van der Waals surface area (Å²) in [6.07, 6.45) is 0. The normalized spacial score (nSPS) is 10.3. The van der Waals surface area contributed by atoms with Crippen molar-refractivity contribution in [3.05, 3.63) is 57.5 Å². The quantitative estimate of drug-likeness (QED) is 0.894. The van der Waals surface area contributed by atoms with Gasteiger partial charge in [-0.2, -0.15) is 0 Å². The maximum absolute atomic E-state index is 12.4. The van der Waals surface area contributed by atoms with Crippen LogP contribution in [0.4, 0.5) is 5.69 Å². The molecule has 5 heteroatoms. The van der Waals surface area contributed by atoms with E-state index in [0.29, 0.717) is 20.7 Å². The van der Waals surface area contributed by atoms with Crippen LogP contribution in [0.5, 0.6) is 5.75 Å². The zero-order valence-corrected chi connectivity index (χ0v) is 12.4. The Bertz CT molecular complexity index is 613. The highest BCUT2D eigenvalue weighted by Gasteiger charge is 2.17. The van der Waals surface area contributed by atoms with E-state index in [1.807, 2.05) is 0 Å². The van der Waals surface area contributed by atoms with Gasteiger partial charge in [0.1, 0.15) is 5.75 Å². The Balaban J connectivity index is 2.33. The van der Waals surface area contributed by atoms with Gasteiger partial charge in [0.25, 0.3) is 5.91 Å². The van der Waals surface area contributed by atoms with Gasteiger partial charge in [-0.1, -0.05) is 17.7 Å². The second kappa shape index (κ2) is 5.63. The van der Waals surface area contributed by atoms with Crippen molar-refractivity contribution in [3.8, 4) is 5.75 Å². The minimum absolute atomic E-state index is 0.157. The third-order valence-corrected chi connectivity index (χ3v) is 4.02. The molecule has 2 rings (SSSR count). The molecule has 0 fully saturated rings. The number of carbonyl (C=O) groups excluding carboxylic acids is 1. The Morgan fingerprint density at radius 3 is 2.47 bits per heavy atom. The molecular weight excluding hydrogens is 330 g/mol. The lowest BCUT2D eigenvalue weighted by Gasteiger charge is -2.18. The van der Waals surface area contributed by atoms with Gasteiger partial charge in [-0.25, -0.2) is 0 Å². The highest BCUT2D eigenvalue weighted by atomic mass is 79.9. The number of phenols is 1. The van der Waals surface area contributed by atoms with Gasteiger partial charge >= 0.3 is 0 Å². The number of benzene rings is 2. The molecule has 0 spiro atoms. The van der Waals surface area contributed by atoms with Gasteiger partial charge in [0.2, 0.25) is 0 Å². The van der Waals surface area contributed by atoms with Crippen LogP contribution >= 0.6 is 27.5 Å². The van der Waals surface area contributed by atoms with Crippen LogP contribution in [0.15, 0.2) is 46.9 Å². The van der Waals surface area contributed by atoms with Gasteiger partial charge in [-0.05, 0) is 52.3 Å². The first-order valence-corrected chi connectivity index (χ1v) is 6.69. The van der Waals surface area contributed by atoms with E-state index >= 15 is 0 Å². The van der Waals surface area contributed by atoms with E-state index < -0.39 is 0 Å². The van der Waals surface area contributed by atoms with Crippen LogP contribution < -0.4 is 4.90 Å². The molecule has 0 saturated carbocycles. The molecule has 0 aliphatic carbocycles. The number of aromatic hydroxyl groups is 1. The van der Waals surface area contributed by atoms with E-state index in [0.717, 1.165) is 0 Å². The summed E-state index contributed by atoms with van der Waals surface area (Å²) in [5, 5.41) is 9.63. The standard InChI is InChI=1S/C14H11BrClNO2/c1-17(9-5-7-10(18)8-6-9)14(19)11-3-2-4-12(15)13(11)16/h2-8,18H,1H3. The van der Waals surface area contributed by atoms with Crippen molar-refractivity contribution in [2.75, 3.05) is 11.9 Å². The topological polar surface area (TPSA) is 40.5 Å². The highest BCUT2D eigenvalue weighted by molar-refractivity contribution is 9.10. The lowest BCUT2D eigenvalue weighted by atomic mass is 10.2. The number of carbonyl (C=O) groups is 1. The van der Waals surface area contributed by atoms with Crippen molar-refractivity contribution < 1.29 is 9.90 Å². The predicted molar refractivity (Wildman–Crippen MR) is 80.0 cm³/mol. The Morgan fingerprint density at radius 2 is 1.84 bits per heavy atom. The Kier molecular flexibility index (Phi) is 4.12. The third kappa shape index (κ3) is 2.91. The van der Waals surface area contributed by atoms with E-state index in [1.165, 1.54) is 17.0 Å². The minimum atomic E-state index is -0.211. The van der Waals surface area contributed by atoms with Gasteiger partial charge < -0.3 is 10.0 Å². The molecule has 0 saturated heterocycles. The number of anilines is 1. The van der Waals surface area contributed by atoms with Crippen LogP contribution in [-0.2, 0) is 0 Å². The van der Waals surface area contributed by atoms with E-state index in [4.69, 9.17) is 11.6 Å². The average molecular weight is 341 g/mol. The molecule has 0 atom stereocenters. The SMILES string of the molecule is CN(C(=O)c1cccc(Br)c1Cl)c1ccc(O)cc1. The second-order valence-electron chi connectivity index (χ2n) is 3.98. The number of amides is 1. The Labute approximate surface area is 124 Å². The average Bonchev–Trinajstić information content (AvgIpc) is 2.41. The Hall–Kier alpha value is -1.52. The molecule has 0 bridgehead atoms. The first-order valence-electron chi connectivity index (χ1n) is 5.52. The molecular formula is C14H11BrClNO2. The second-order valence-corrected chi connectivity index (χ2v) is 5.21. The highest BCUT2D eigenvalue weighted by Crippen LogP contribution is 2.28. The van der Waals surface area contributed by atoms with Crippen LogP contribution in [-0.4, -0.2) is 18.1 Å². The van der Waals surface area contributed by atoms with E-state index in [9.17, 15) is 9.90 Å². The lowest BCUT2D eigenvalue weighted by molar-refractivity contribution is 0.0993. The van der Waals surface area contributed by atoms with Crippen molar-refractivity contribution in [1.29, 1.82) is 0 Å². The molecule has 19 heavy (non-hydrogen) atoms. The number of hydrogen-bond acceptors (Lipinski definition) is 2. The molecule has 98 valence electrons. The van der Waals surface area contributed by atoms with Crippen molar-refractivity contribution in [2.24, 2.45) is 0 Å². The van der Waals surface area contributed by atoms with E-state index in [1.54, 1.807) is 37.4 Å². The van der Waals surface area contributed by atoms with E-state index in [2.05, 4.69) is 15.9 Å². The number of nitrogens with zero attached hydrogens (tertiary/aromatic N) is 1. The number of halogens is 2. The van der Waals surface area contributed by atoms with Crippen LogP contribution in [0.25, 0.3) is 0 Å². The van der Waals surface area contributed by atoms with Gasteiger partial charge in [0.05, 0.1) is 10.6 Å². The summed E-state index contributed by atoms with van der Waals surface area (Å²) in [7, 11) is 1.66. The number of rotatable bonds is 2. The zero-order chi connectivity index (χ0) is 14.0. The monoisotopic (exact) mass is 339 g/mol. The largest absolute Gasteiger partial charge is 0.508 e. The van der Waals surface area contributed by atoms with Crippen molar-refractivity contribution in [1.82, 2.24) is 0 Å². The molecule has 3 nitrogen and oxygen atoms in total. The van der Waals surface area contributed by atoms with E-state index in [-0.39, 0.29) is 11.7 Å². The first-order chi connectivity index (χ1) is 9.00. The molecule has 2 aromatic rings. The van der Waals surface area contributed by atoms with Gasteiger partial charge in [-0.15, -0.1) is 0 Å². The van der Waals surface area contributed by atoms with Crippen molar-refractivity contribution >= 4 is 39.1 Å². The van der Waals surface area contributed by atoms with Crippen LogP contribution in [0.2, 0.25) is 5.02 Å². The van der Waals surface area contributed by atoms with Crippen LogP contribution in [0, 0.1) is 0 Å². The molecule has 0 unspecified atom stereocenters. The zero-order valence-electron chi connectivity index (χ0n) is 10.1. The molecule has 1 N–H and O–H groups in total. The maximum atomic E-state index is 12.4. The summed E-state index contributed by atoms with van der Waals surface area (Å²) in [4.78, 5) is 13.8. The fourth-order valence-corrected chi connectivity index (χ4v) is 2.22. The predicted octanol–water partition coefficient (Wildman–Crippen LogP) is 4.08. The van der Waals surface area contributed by atoms with Gasteiger partial charge in [0.15, 0.2) is 0 Å². The molecule has 2 aromatic carbocycles. The molecule has 0 radical (unpaired) electrons. The summed E-state index contributed by atoms with van der Waals surface area (Å²) in [5.41, 5.74) is 1.10. The third-order valence-electron chi connectivity index (χ3n) is 2.72. The maximum Gasteiger partial charge on any atom is 0.259 e. The summed E-state index contributed by atoms with van der Waals surface area (Å²) in [6.45, 7) is 0. The Morgan fingerprint density at radius 1 is 1.21 bits per heavy atom. The minimum Gasteiger partial charge on any atom is -0.508 e. The number of phenolic OH excluding ortho intramolecular Hbond substituents is 1. The van der Waals surface area contributed by atoms with Gasteiger partial charge in [-0.3, -0.25) is 4.79 Å². The first kappa shape index (κ1) is 13.9. The van der Waals surface area contributed by atoms with Crippen molar-refractivity contribution in [2.45, 2.75) is 0 Å². The summed E-state index contributed by atoms with van der Waals surface area (Å²) in [6, 6.07) is 11.6. The van der Waals surface area contributed by atoms with Crippen LogP contribution in [0.3, 0.4) is 0 Å². The fraction of sp³-hybridized carbons (Fsp3) is 0.0714. The molecule has 0 aliphatic rings. The number of hydrogen-bond donors (Lipinski definition) is 1.